The molecule has 0 aliphatic heterocycles. The van der Waals surface area contributed by atoms with Gasteiger partial charge in [0, 0.05) is 10.4 Å². The van der Waals surface area contributed by atoms with E-state index in [-0.39, 0.29) is 17.9 Å². The predicted molar refractivity (Wildman–Crippen MR) is 100 cm³/mol. The SMILES string of the molecule is Cc1sc(NC(=O)Cc2ccccc2)c(C(=O)O)c1-c1ccccc1. The molecule has 4 nitrogen and oxygen atoms in total. The molecular formula is C20H17NO3S. The Bertz CT molecular complexity index is 901. The van der Waals surface area contributed by atoms with Gasteiger partial charge in [0.25, 0.3) is 0 Å². The highest BCUT2D eigenvalue weighted by atomic mass is 32.1. The first kappa shape index (κ1) is 16.9. The van der Waals surface area contributed by atoms with Crippen molar-refractivity contribution in [1.82, 2.24) is 0 Å². The van der Waals surface area contributed by atoms with Crippen LogP contribution in [0.15, 0.2) is 60.7 Å². The lowest BCUT2D eigenvalue weighted by Crippen LogP contribution is -2.15. The van der Waals surface area contributed by atoms with Crippen LogP contribution in [0.1, 0.15) is 20.8 Å². The summed E-state index contributed by atoms with van der Waals surface area (Å²) in [6.07, 6.45) is 0.206. The largest absolute Gasteiger partial charge is 0.478 e. The molecule has 0 atom stereocenters. The Labute approximate surface area is 149 Å². The van der Waals surface area contributed by atoms with E-state index in [0.717, 1.165) is 16.0 Å². The van der Waals surface area contributed by atoms with Crippen LogP contribution in [0.5, 0.6) is 0 Å². The lowest BCUT2D eigenvalue weighted by molar-refractivity contribution is -0.115. The van der Waals surface area contributed by atoms with Crippen LogP contribution in [-0.2, 0) is 11.2 Å². The third kappa shape index (κ3) is 3.78. The van der Waals surface area contributed by atoms with Crippen molar-refractivity contribution in [2.75, 3.05) is 5.32 Å². The van der Waals surface area contributed by atoms with Crippen molar-refractivity contribution in [2.24, 2.45) is 0 Å². The number of rotatable bonds is 5. The van der Waals surface area contributed by atoms with Gasteiger partial charge in [0.1, 0.15) is 10.6 Å². The van der Waals surface area contributed by atoms with E-state index in [4.69, 9.17) is 0 Å². The molecule has 1 amide bonds. The van der Waals surface area contributed by atoms with E-state index in [2.05, 4.69) is 5.32 Å². The maximum atomic E-state index is 12.3. The summed E-state index contributed by atoms with van der Waals surface area (Å²) < 4.78 is 0. The molecule has 2 N–H and O–H groups in total. The number of aryl methyl sites for hydroxylation is 1. The number of hydrogen-bond acceptors (Lipinski definition) is 3. The molecule has 0 radical (unpaired) electrons. The average molecular weight is 351 g/mol. The summed E-state index contributed by atoms with van der Waals surface area (Å²) in [6, 6.07) is 18.7. The van der Waals surface area contributed by atoms with E-state index in [9.17, 15) is 14.7 Å². The molecule has 126 valence electrons. The smallest absolute Gasteiger partial charge is 0.339 e. The van der Waals surface area contributed by atoms with Crippen molar-refractivity contribution in [1.29, 1.82) is 0 Å². The topological polar surface area (TPSA) is 66.4 Å². The van der Waals surface area contributed by atoms with E-state index in [1.165, 1.54) is 11.3 Å². The fourth-order valence-electron chi connectivity index (χ4n) is 2.74. The maximum Gasteiger partial charge on any atom is 0.339 e. The number of carboxylic acids is 1. The first-order chi connectivity index (χ1) is 12.1. The molecule has 0 aliphatic rings. The standard InChI is InChI=1S/C20H17NO3S/c1-13-17(15-10-6-3-7-11-15)18(20(23)24)19(25-13)21-16(22)12-14-8-4-2-5-9-14/h2-11H,12H2,1H3,(H,21,22)(H,23,24). The minimum atomic E-state index is -1.04. The number of carbonyl (C=O) groups is 2. The van der Waals surface area contributed by atoms with Crippen molar-refractivity contribution in [3.63, 3.8) is 0 Å². The third-order valence-electron chi connectivity index (χ3n) is 3.82. The molecule has 1 heterocycles. The quantitative estimate of drug-likeness (QED) is 0.706. The molecule has 0 saturated heterocycles. The summed E-state index contributed by atoms with van der Waals surface area (Å²) in [5.41, 5.74) is 2.52. The van der Waals surface area contributed by atoms with E-state index in [0.29, 0.717) is 10.6 Å². The van der Waals surface area contributed by atoms with Crippen LogP contribution in [0.4, 0.5) is 5.00 Å². The fraction of sp³-hybridized carbons (Fsp3) is 0.100. The number of amides is 1. The molecule has 5 heteroatoms. The highest BCUT2D eigenvalue weighted by Crippen LogP contribution is 2.39. The van der Waals surface area contributed by atoms with Gasteiger partial charge in [-0.25, -0.2) is 4.79 Å². The normalized spacial score (nSPS) is 10.4. The molecule has 0 spiro atoms. The molecule has 0 bridgehead atoms. The van der Waals surface area contributed by atoms with Gasteiger partial charge in [-0.2, -0.15) is 0 Å². The maximum absolute atomic E-state index is 12.3. The van der Waals surface area contributed by atoms with Crippen LogP contribution in [-0.4, -0.2) is 17.0 Å². The van der Waals surface area contributed by atoms with Gasteiger partial charge in [-0.1, -0.05) is 60.7 Å². The zero-order chi connectivity index (χ0) is 17.8. The van der Waals surface area contributed by atoms with E-state index in [1.54, 1.807) is 0 Å². The number of carboxylic acid groups (broad SMARTS) is 1. The van der Waals surface area contributed by atoms with Crippen molar-refractivity contribution in [3.8, 4) is 11.1 Å². The van der Waals surface area contributed by atoms with Crippen LogP contribution >= 0.6 is 11.3 Å². The second kappa shape index (κ2) is 7.32. The summed E-state index contributed by atoms with van der Waals surface area (Å²) in [4.78, 5) is 25.0. The summed E-state index contributed by atoms with van der Waals surface area (Å²) in [7, 11) is 0. The molecule has 25 heavy (non-hydrogen) atoms. The molecule has 0 saturated carbocycles. The van der Waals surface area contributed by atoms with Gasteiger partial charge in [-0.05, 0) is 18.1 Å². The second-order valence-corrected chi connectivity index (χ2v) is 6.84. The Balaban J connectivity index is 1.92. The fourth-order valence-corrected chi connectivity index (χ4v) is 3.83. The van der Waals surface area contributed by atoms with E-state index < -0.39 is 5.97 Å². The molecule has 1 aromatic heterocycles. The molecule has 0 fully saturated rings. The number of anilines is 1. The number of aromatic carboxylic acids is 1. The molecule has 3 rings (SSSR count). The zero-order valence-corrected chi connectivity index (χ0v) is 14.5. The first-order valence-corrected chi connectivity index (χ1v) is 8.64. The lowest BCUT2D eigenvalue weighted by Gasteiger charge is -2.06. The Morgan fingerprint density at radius 2 is 1.60 bits per heavy atom. The molecule has 0 aliphatic carbocycles. The Kier molecular flexibility index (Phi) is 4.95. The molecule has 2 aromatic carbocycles. The van der Waals surface area contributed by atoms with Gasteiger partial charge in [-0.15, -0.1) is 11.3 Å². The minimum Gasteiger partial charge on any atom is -0.478 e. The highest BCUT2D eigenvalue weighted by molar-refractivity contribution is 7.17. The molecular weight excluding hydrogens is 334 g/mol. The number of hydrogen-bond donors (Lipinski definition) is 2. The first-order valence-electron chi connectivity index (χ1n) is 7.82. The van der Waals surface area contributed by atoms with Crippen molar-refractivity contribution < 1.29 is 14.7 Å². The second-order valence-electron chi connectivity index (χ2n) is 5.62. The summed E-state index contributed by atoms with van der Waals surface area (Å²) in [6.45, 7) is 1.87. The number of carbonyl (C=O) groups excluding carboxylic acids is 1. The van der Waals surface area contributed by atoms with Crippen LogP contribution < -0.4 is 5.32 Å². The van der Waals surface area contributed by atoms with Gasteiger partial charge in [-0.3, -0.25) is 4.79 Å². The van der Waals surface area contributed by atoms with Gasteiger partial charge >= 0.3 is 5.97 Å². The third-order valence-corrected chi connectivity index (χ3v) is 4.84. The van der Waals surface area contributed by atoms with Crippen LogP contribution in [0.2, 0.25) is 0 Å². The zero-order valence-electron chi connectivity index (χ0n) is 13.7. The summed E-state index contributed by atoms with van der Waals surface area (Å²) in [5.74, 6) is -1.27. The molecule has 0 unspecified atom stereocenters. The van der Waals surface area contributed by atoms with Gasteiger partial charge < -0.3 is 10.4 Å². The van der Waals surface area contributed by atoms with Crippen LogP contribution in [0.25, 0.3) is 11.1 Å². The highest BCUT2D eigenvalue weighted by Gasteiger charge is 2.23. The Morgan fingerprint density at radius 3 is 2.20 bits per heavy atom. The van der Waals surface area contributed by atoms with Crippen LogP contribution in [0, 0.1) is 6.92 Å². The van der Waals surface area contributed by atoms with Crippen molar-refractivity contribution >= 4 is 28.2 Å². The van der Waals surface area contributed by atoms with Crippen molar-refractivity contribution in [3.05, 3.63) is 76.7 Å². The lowest BCUT2D eigenvalue weighted by atomic mass is 10.0. The minimum absolute atomic E-state index is 0.148. The van der Waals surface area contributed by atoms with E-state index >= 15 is 0 Å². The van der Waals surface area contributed by atoms with Crippen LogP contribution in [0.3, 0.4) is 0 Å². The Hall–Kier alpha value is -2.92. The van der Waals surface area contributed by atoms with Gasteiger partial charge in [0.15, 0.2) is 0 Å². The number of thiophene rings is 1. The Morgan fingerprint density at radius 1 is 1.00 bits per heavy atom. The summed E-state index contributed by atoms with van der Waals surface area (Å²) in [5, 5.41) is 12.8. The average Bonchev–Trinajstić information content (AvgIpc) is 2.92. The number of benzene rings is 2. The van der Waals surface area contributed by atoms with Gasteiger partial charge in [0.05, 0.1) is 6.42 Å². The number of nitrogens with one attached hydrogen (secondary N) is 1. The van der Waals surface area contributed by atoms with Crippen molar-refractivity contribution in [2.45, 2.75) is 13.3 Å². The monoisotopic (exact) mass is 351 g/mol. The molecule has 3 aromatic rings. The summed E-state index contributed by atoms with van der Waals surface area (Å²) >= 11 is 1.29. The predicted octanol–water partition coefficient (Wildman–Crippen LogP) is 4.60. The van der Waals surface area contributed by atoms with E-state index in [1.807, 2.05) is 67.6 Å². The van der Waals surface area contributed by atoms with Gasteiger partial charge in [0.2, 0.25) is 5.91 Å².